The summed E-state index contributed by atoms with van der Waals surface area (Å²) in [6.07, 6.45) is -1.78. The highest BCUT2D eigenvalue weighted by Crippen LogP contribution is 2.21. The molecule has 0 N–H and O–H groups in total. The number of pyridine rings is 1. The minimum absolute atomic E-state index is 0.0491. The second-order valence-electron chi connectivity index (χ2n) is 5.15. The number of alkyl halides is 3. The third-order valence-corrected chi connectivity index (χ3v) is 3.06. The van der Waals surface area contributed by atoms with Crippen molar-refractivity contribution in [3.05, 3.63) is 48.2 Å². The molecule has 2 rings (SSSR count). The molecule has 2 aromatic heterocycles. The fourth-order valence-electron chi connectivity index (χ4n) is 1.98. The van der Waals surface area contributed by atoms with Gasteiger partial charge in [-0.3, -0.25) is 9.78 Å². The number of furan rings is 1. The lowest BCUT2D eigenvalue weighted by atomic mass is 10.2. The van der Waals surface area contributed by atoms with Crippen LogP contribution in [-0.4, -0.2) is 42.6 Å². The molecular weight excluding hydrogens is 311 g/mol. The minimum atomic E-state index is -4.51. The zero-order valence-electron chi connectivity index (χ0n) is 12.7. The Morgan fingerprint density at radius 1 is 1.30 bits per heavy atom. The van der Waals surface area contributed by atoms with Gasteiger partial charge >= 0.3 is 6.18 Å². The molecule has 124 valence electrons. The summed E-state index contributed by atoms with van der Waals surface area (Å²) in [6.45, 7) is -1.65. The van der Waals surface area contributed by atoms with Crippen molar-refractivity contribution in [1.82, 2.24) is 9.88 Å². The first-order chi connectivity index (χ1) is 10.8. The van der Waals surface area contributed by atoms with Crippen LogP contribution in [0.4, 0.5) is 18.9 Å². The van der Waals surface area contributed by atoms with Gasteiger partial charge in [-0.05, 0) is 24.3 Å². The first-order valence-electron chi connectivity index (χ1n) is 6.78. The summed E-state index contributed by atoms with van der Waals surface area (Å²) < 4.78 is 43.3. The number of nitrogens with zero attached hydrogens (tertiary/aromatic N) is 3. The Labute approximate surface area is 131 Å². The van der Waals surface area contributed by atoms with Crippen molar-refractivity contribution in [3.63, 3.8) is 0 Å². The number of hydrogen-bond donors (Lipinski definition) is 0. The van der Waals surface area contributed by atoms with E-state index in [0.717, 1.165) is 0 Å². The van der Waals surface area contributed by atoms with Crippen LogP contribution in [0.25, 0.3) is 0 Å². The molecule has 0 radical (unpaired) electrons. The van der Waals surface area contributed by atoms with Crippen LogP contribution in [0.5, 0.6) is 0 Å². The van der Waals surface area contributed by atoms with E-state index in [2.05, 4.69) is 4.98 Å². The second-order valence-corrected chi connectivity index (χ2v) is 5.15. The first-order valence-corrected chi connectivity index (χ1v) is 6.78. The fraction of sp³-hybridized carbons (Fsp3) is 0.333. The molecule has 5 nitrogen and oxygen atoms in total. The van der Waals surface area contributed by atoms with Gasteiger partial charge in [-0.25, -0.2) is 0 Å². The molecule has 0 bridgehead atoms. The Morgan fingerprint density at radius 2 is 2.04 bits per heavy atom. The van der Waals surface area contributed by atoms with E-state index in [1.807, 2.05) is 0 Å². The van der Waals surface area contributed by atoms with Gasteiger partial charge in [-0.15, -0.1) is 0 Å². The Bertz CT molecular complexity index is 654. The summed E-state index contributed by atoms with van der Waals surface area (Å²) >= 11 is 0. The summed E-state index contributed by atoms with van der Waals surface area (Å²) in [5.41, 5.74) is 0.625. The van der Waals surface area contributed by atoms with Gasteiger partial charge < -0.3 is 14.2 Å². The van der Waals surface area contributed by atoms with E-state index in [0.29, 0.717) is 10.6 Å². The van der Waals surface area contributed by atoms with Gasteiger partial charge in [-0.2, -0.15) is 13.2 Å². The van der Waals surface area contributed by atoms with Crippen LogP contribution in [0.2, 0.25) is 0 Å². The predicted molar refractivity (Wildman–Crippen MR) is 78.1 cm³/mol. The lowest BCUT2D eigenvalue weighted by molar-refractivity contribution is -0.142. The van der Waals surface area contributed by atoms with E-state index in [-0.39, 0.29) is 18.0 Å². The molecule has 0 aliphatic carbocycles. The van der Waals surface area contributed by atoms with Crippen LogP contribution >= 0.6 is 0 Å². The van der Waals surface area contributed by atoms with Crippen molar-refractivity contribution >= 4 is 11.6 Å². The topological polar surface area (TPSA) is 49.6 Å². The number of rotatable bonds is 5. The van der Waals surface area contributed by atoms with Crippen LogP contribution in [-0.2, 0) is 6.54 Å². The Morgan fingerprint density at radius 3 is 2.61 bits per heavy atom. The van der Waals surface area contributed by atoms with Crippen molar-refractivity contribution < 1.29 is 22.4 Å². The number of aromatic nitrogens is 1. The molecule has 23 heavy (non-hydrogen) atoms. The van der Waals surface area contributed by atoms with Crippen molar-refractivity contribution in [2.45, 2.75) is 12.7 Å². The molecule has 0 unspecified atom stereocenters. The number of carbonyl (C=O) groups excluding carboxylic acids is 1. The highest BCUT2D eigenvalue weighted by Gasteiger charge is 2.34. The van der Waals surface area contributed by atoms with Crippen LogP contribution in [0.3, 0.4) is 0 Å². The maximum Gasteiger partial charge on any atom is 0.406 e. The molecule has 0 saturated heterocycles. The Hall–Kier alpha value is -2.51. The number of hydrogen-bond acceptors (Lipinski definition) is 4. The van der Waals surface area contributed by atoms with E-state index in [4.69, 9.17) is 4.42 Å². The van der Waals surface area contributed by atoms with Gasteiger partial charge in [0.15, 0.2) is 0 Å². The smallest absolute Gasteiger partial charge is 0.406 e. The third-order valence-electron chi connectivity index (χ3n) is 3.06. The second kappa shape index (κ2) is 6.72. The average molecular weight is 327 g/mol. The molecule has 2 heterocycles. The number of carbonyl (C=O) groups is 1. The van der Waals surface area contributed by atoms with Gasteiger partial charge in [0.1, 0.15) is 18.0 Å². The molecule has 0 aliphatic rings. The zero-order chi connectivity index (χ0) is 17.0. The first kappa shape index (κ1) is 16.9. The van der Waals surface area contributed by atoms with Crippen LogP contribution in [0, 0.1) is 0 Å². The minimum Gasteiger partial charge on any atom is -0.467 e. The van der Waals surface area contributed by atoms with Crippen LogP contribution in [0.1, 0.15) is 16.2 Å². The molecule has 0 spiro atoms. The van der Waals surface area contributed by atoms with Gasteiger partial charge in [0, 0.05) is 26.0 Å². The number of halogens is 3. The Balaban J connectivity index is 2.26. The SMILES string of the molecule is CN(C)c1ccnc(C(=O)N(Cc2ccco2)CC(F)(F)F)c1. The molecule has 2 aromatic rings. The summed E-state index contributed by atoms with van der Waals surface area (Å²) in [6, 6.07) is 6.18. The zero-order valence-corrected chi connectivity index (χ0v) is 12.7. The maximum absolute atomic E-state index is 12.8. The molecule has 0 aromatic carbocycles. The van der Waals surface area contributed by atoms with E-state index in [9.17, 15) is 18.0 Å². The summed E-state index contributed by atoms with van der Waals surface area (Å²) in [7, 11) is 3.53. The largest absolute Gasteiger partial charge is 0.467 e. The maximum atomic E-state index is 12.8. The standard InChI is InChI=1S/C15H16F3N3O2/c1-20(2)11-5-6-19-13(8-11)14(22)21(10-15(16,17)18)9-12-4-3-7-23-12/h3-8H,9-10H2,1-2H3. The molecular formula is C15H16F3N3O2. The molecule has 0 atom stereocenters. The lowest BCUT2D eigenvalue weighted by Gasteiger charge is -2.23. The summed E-state index contributed by atoms with van der Waals surface area (Å²) in [5, 5.41) is 0. The fourth-order valence-corrected chi connectivity index (χ4v) is 1.98. The normalized spacial score (nSPS) is 11.3. The van der Waals surface area contributed by atoms with Crippen molar-refractivity contribution in [2.75, 3.05) is 25.5 Å². The molecule has 0 aliphatic heterocycles. The van der Waals surface area contributed by atoms with E-state index in [1.54, 1.807) is 31.1 Å². The van der Waals surface area contributed by atoms with E-state index >= 15 is 0 Å². The van der Waals surface area contributed by atoms with Gasteiger partial charge in [0.25, 0.3) is 5.91 Å². The lowest BCUT2D eigenvalue weighted by Crippen LogP contribution is -2.38. The summed E-state index contributed by atoms with van der Waals surface area (Å²) in [5.74, 6) is -0.534. The van der Waals surface area contributed by atoms with Crippen molar-refractivity contribution in [1.29, 1.82) is 0 Å². The Kier molecular flexibility index (Phi) is 4.92. The monoisotopic (exact) mass is 327 g/mol. The highest BCUT2D eigenvalue weighted by molar-refractivity contribution is 5.93. The highest BCUT2D eigenvalue weighted by atomic mass is 19.4. The average Bonchev–Trinajstić information content (AvgIpc) is 2.97. The van der Waals surface area contributed by atoms with Crippen LogP contribution in [0.15, 0.2) is 41.1 Å². The van der Waals surface area contributed by atoms with Gasteiger partial charge in [-0.1, -0.05) is 0 Å². The van der Waals surface area contributed by atoms with Gasteiger partial charge in [0.2, 0.25) is 0 Å². The van der Waals surface area contributed by atoms with Gasteiger partial charge in [0.05, 0.1) is 12.8 Å². The van der Waals surface area contributed by atoms with E-state index < -0.39 is 18.6 Å². The summed E-state index contributed by atoms with van der Waals surface area (Å²) in [4.78, 5) is 18.7. The van der Waals surface area contributed by atoms with E-state index in [1.165, 1.54) is 24.6 Å². The molecule has 0 fully saturated rings. The molecule has 1 amide bonds. The quantitative estimate of drug-likeness (QED) is 0.847. The van der Waals surface area contributed by atoms with Crippen molar-refractivity contribution in [2.24, 2.45) is 0 Å². The number of amides is 1. The third kappa shape index (κ3) is 4.73. The molecule has 8 heteroatoms. The number of anilines is 1. The van der Waals surface area contributed by atoms with Crippen LogP contribution < -0.4 is 4.90 Å². The molecule has 0 saturated carbocycles. The predicted octanol–water partition coefficient (Wildman–Crippen LogP) is 2.95. The van der Waals surface area contributed by atoms with Crippen molar-refractivity contribution in [3.8, 4) is 0 Å².